The zero-order valence-corrected chi connectivity index (χ0v) is 16.5. The van der Waals surface area contributed by atoms with Crippen LogP contribution in [-0.2, 0) is 4.79 Å². The number of rotatable bonds is 4. The molecule has 0 saturated heterocycles. The number of fused-ring (bicyclic) bond motifs is 1. The summed E-state index contributed by atoms with van der Waals surface area (Å²) in [6.07, 6.45) is 1.60. The van der Waals surface area contributed by atoms with Crippen molar-refractivity contribution < 1.29 is 28.5 Å². The predicted molar refractivity (Wildman–Crippen MR) is 104 cm³/mol. The Labute approximate surface area is 163 Å². The van der Waals surface area contributed by atoms with Crippen molar-refractivity contribution in [3.05, 3.63) is 53.3 Å². The molecule has 0 unspecified atom stereocenters. The van der Waals surface area contributed by atoms with E-state index in [1.807, 2.05) is 0 Å². The van der Waals surface area contributed by atoms with E-state index in [2.05, 4.69) is 0 Å². The average molecular weight is 382 g/mol. The first-order chi connectivity index (χ1) is 13.2. The number of esters is 1. The molecule has 0 bridgehead atoms. The van der Waals surface area contributed by atoms with Crippen molar-refractivity contribution in [2.45, 2.75) is 20.8 Å². The van der Waals surface area contributed by atoms with Gasteiger partial charge in [0.2, 0.25) is 5.78 Å². The number of hydrogen-bond donors (Lipinski definition) is 0. The summed E-state index contributed by atoms with van der Waals surface area (Å²) in [4.78, 5) is 24.7. The maximum absolute atomic E-state index is 12.7. The van der Waals surface area contributed by atoms with Crippen molar-refractivity contribution in [3.8, 4) is 23.0 Å². The number of carbonyl (C=O) groups is 2. The van der Waals surface area contributed by atoms with Gasteiger partial charge in [-0.2, -0.15) is 0 Å². The number of benzene rings is 2. The molecule has 2 aromatic rings. The highest BCUT2D eigenvalue weighted by Gasteiger charge is 2.29. The smallest absolute Gasteiger partial charge is 0.316 e. The number of carbonyl (C=O) groups excluding carboxylic acids is 2. The lowest BCUT2D eigenvalue weighted by molar-refractivity contribution is -0.143. The minimum atomic E-state index is -0.635. The Hall–Kier alpha value is -3.28. The molecule has 28 heavy (non-hydrogen) atoms. The van der Waals surface area contributed by atoms with E-state index in [1.54, 1.807) is 70.4 Å². The highest BCUT2D eigenvalue weighted by atomic mass is 16.5. The van der Waals surface area contributed by atoms with Gasteiger partial charge < -0.3 is 18.9 Å². The van der Waals surface area contributed by atoms with E-state index in [0.717, 1.165) is 0 Å². The molecule has 0 saturated carbocycles. The number of para-hydroxylation sites is 1. The highest BCUT2D eigenvalue weighted by Crippen LogP contribution is 2.38. The van der Waals surface area contributed by atoms with Gasteiger partial charge in [-0.15, -0.1) is 0 Å². The van der Waals surface area contributed by atoms with Crippen LogP contribution in [0.15, 0.2) is 42.2 Å². The second-order valence-electron chi connectivity index (χ2n) is 7.32. The quantitative estimate of drug-likeness (QED) is 0.447. The molecule has 0 N–H and O–H groups in total. The molecule has 1 heterocycles. The lowest BCUT2D eigenvalue weighted by atomic mass is 9.97. The summed E-state index contributed by atoms with van der Waals surface area (Å²) < 4.78 is 21.8. The maximum atomic E-state index is 12.7. The minimum absolute atomic E-state index is 0.154. The van der Waals surface area contributed by atoms with Crippen molar-refractivity contribution in [2.75, 3.05) is 14.2 Å². The third-order valence-corrected chi connectivity index (χ3v) is 4.18. The van der Waals surface area contributed by atoms with Crippen LogP contribution in [0.25, 0.3) is 6.08 Å². The molecule has 6 heteroatoms. The van der Waals surface area contributed by atoms with Crippen molar-refractivity contribution in [3.63, 3.8) is 0 Å². The Balaban J connectivity index is 1.90. The summed E-state index contributed by atoms with van der Waals surface area (Å²) >= 11 is 0. The fraction of sp³-hybridized carbons (Fsp3) is 0.273. The van der Waals surface area contributed by atoms with Gasteiger partial charge in [0.15, 0.2) is 17.3 Å². The van der Waals surface area contributed by atoms with Crippen molar-refractivity contribution >= 4 is 17.8 Å². The van der Waals surface area contributed by atoms with E-state index >= 15 is 0 Å². The Morgan fingerprint density at radius 3 is 2.46 bits per heavy atom. The fourth-order valence-electron chi connectivity index (χ4n) is 2.66. The van der Waals surface area contributed by atoms with Gasteiger partial charge in [-0.1, -0.05) is 12.1 Å². The molecule has 0 amide bonds. The number of Topliss-reactive ketones (excluding diaryl/α,β-unsaturated/α-hetero) is 1. The first-order valence-electron chi connectivity index (χ1n) is 8.76. The van der Waals surface area contributed by atoms with Crippen molar-refractivity contribution in [2.24, 2.45) is 5.41 Å². The molecule has 3 rings (SSSR count). The van der Waals surface area contributed by atoms with Crippen LogP contribution in [0.5, 0.6) is 23.0 Å². The van der Waals surface area contributed by atoms with Gasteiger partial charge >= 0.3 is 5.97 Å². The lowest BCUT2D eigenvalue weighted by Gasteiger charge is -2.16. The van der Waals surface area contributed by atoms with Crippen LogP contribution in [0.4, 0.5) is 0 Å². The maximum Gasteiger partial charge on any atom is 0.316 e. The Kier molecular flexibility index (Phi) is 5.14. The lowest BCUT2D eigenvalue weighted by Crippen LogP contribution is -2.25. The zero-order chi connectivity index (χ0) is 20.5. The number of methoxy groups -OCH3 is 2. The van der Waals surface area contributed by atoms with Gasteiger partial charge in [-0.3, -0.25) is 9.59 Å². The van der Waals surface area contributed by atoms with E-state index in [4.69, 9.17) is 18.9 Å². The Morgan fingerprint density at radius 1 is 1.07 bits per heavy atom. The monoisotopic (exact) mass is 382 g/mol. The fourth-order valence-corrected chi connectivity index (χ4v) is 2.66. The minimum Gasteiger partial charge on any atom is -0.493 e. The number of allylic oxidation sites excluding steroid dienone is 1. The molecule has 2 aromatic carbocycles. The van der Waals surface area contributed by atoms with Crippen molar-refractivity contribution in [1.82, 2.24) is 0 Å². The van der Waals surface area contributed by atoms with Crippen LogP contribution in [0.1, 0.15) is 36.7 Å². The molecule has 0 atom stereocenters. The van der Waals surface area contributed by atoms with Gasteiger partial charge in [-0.25, -0.2) is 0 Å². The largest absolute Gasteiger partial charge is 0.493 e. The topological polar surface area (TPSA) is 71.1 Å². The summed E-state index contributed by atoms with van der Waals surface area (Å²) in [6.45, 7) is 5.31. The van der Waals surface area contributed by atoms with E-state index in [9.17, 15) is 9.59 Å². The van der Waals surface area contributed by atoms with Gasteiger partial charge in [0.05, 0.1) is 25.2 Å². The third-order valence-electron chi connectivity index (χ3n) is 4.18. The van der Waals surface area contributed by atoms with E-state index in [-0.39, 0.29) is 17.5 Å². The van der Waals surface area contributed by atoms with Crippen LogP contribution in [0.3, 0.4) is 0 Å². The molecule has 1 aliphatic rings. The van der Waals surface area contributed by atoms with Crippen LogP contribution >= 0.6 is 0 Å². The molecule has 0 radical (unpaired) electrons. The van der Waals surface area contributed by atoms with Gasteiger partial charge in [0, 0.05) is 11.6 Å². The normalized spacial score (nSPS) is 14.5. The average Bonchev–Trinajstić information content (AvgIpc) is 2.95. The Morgan fingerprint density at radius 2 is 1.82 bits per heavy atom. The third kappa shape index (κ3) is 3.71. The van der Waals surface area contributed by atoms with Gasteiger partial charge in [0.25, 0.3) is 0 Å². The number of ether oxygens (including phenoxy) is 4. The SMILES string of the molecule is COc1cccc(/C=C2\Oc3cc(OC(=O)C(C)(C)C)ccc3C2=O)c1OC. The molecular weight excluding hydrogens is 360 g/mol. The van der Waals surface area contributed by atoms with E-state index in [0.29, 0.717) is 34.1 Å². The van der Waals surface area contributed by atoms with Gasteiger partial charge in [0.1, 0.15) is 11.5 Å². The summed E-state index contributed by atoms with van der Waals surface area (Å²) in [7, 11) is 3.07. The van der Waals surface area contributed by atoms with Crippen molar-refractivity contribution in [1.29, 1.82) is 0 Å². The first kappa shape index (κ1) is 19.5. The Bertz CT molecular complexity index is 965. The summed E-state index contributed by atoms with van der Waals surface area (Å²) in [5.74, 6) is 1.26. The highest BCUT2D eigenvalue weighted by molar-refractivity contribution is 6.14. The molecule has 0 fully saturated rings. The molecule has 1 aliphatic heterocycles. The summed E-state index contributed by atoms with van der Waals surface area (Å²) in [6, 6.07) is 10.1. The van der Waals surface area contributed by atoms with Gasteiger partial charge in [-0.05, 0) is 45.0 Å². The molecule has 0 spiro atoms. The summed E-state index contributed by atoms with van der Waals surface area (Å²) in [5, 5.41) is 0. The standard InChI is InChI=1S/C22H22O6/c1-22(2,3)21(24)27-14-9-10-15-17(12-14)28-18(19(15)23)11-13-7-6-8-16(25-4)20(13)26-5/h6-12H,1-5H3/b18-11-. The van der Waals surface area contributed by atoms with E-state index < -0.39 is 5.41 Å². The second-order valence-corrected chi connectivity index (χ2v) is 7.32. The van der Waals surface area contributed by atoms with Crippen LogP contribution in [-0.4, -0.2) is 26.0 Å². The second kappa shape index (κ2) is 7.38. The molecular formula is C22H22O6. The molecule has 0 aliphatic carbocycles. The van der Waals surface area contributed by atoms with Crippen LogP contribution in [0, 0.1) is 5.41 Å². The zero-order valence-electron chi connectivity index (χ0n) is 16.5. The predicted octanol–water partition coefficient (Wildman–Crippen LogP) is 4.27. The van der Waals surface area contributed by atoms with E-state index in [1.165, 1.54) is 7.11 Å². The molecule has 146 valence electrons. The summed E-state index contributed by atoms with van der Waals surface area (Å²) in [5.41, 5.74) is 0.421. The number of ketones is 1. The number of hydrogen-bond acceptors (Lipinski definition) is 6. The van der Waals surface area contributed by atoms with Crippen LogP contribution in [0.2, 0.25) is 0 Å². The molecule has 0 aromatic heterocycles. The first-order valence-corrected chi connectivity index (χ1v) is 8.76. The molecule has 6 nitrogen and oxygen atoms in total. The van der Waals surface area contributed by atoms with Crippen LogP contribution < -0.4 is 18.9 Å².